The third-order valence-corrected chi connectivity index (χ3v) is 3.28. The van der Waals surface area contributed by atoms with Crippen molar-refractivity contribution >= 4 is 11.9 Å². The van der Waals surface area contributed by atoms with Gasteiger partial charge in [0.2, 0.25) is 5.91 Å². The van der Waals surface area contributed by atoms with Crippen LogP contribution in [0, 0.1) is 0 Å². The number of hydrogen-bond acceptors (Lipinski definition) is 4. The minimum absolute atomic E-state index is 0.0239. The van der Waals surface area contributed by atoms with Crippen molar-refractivity contribution in [2.24, 2.45) is 0 Å². The van der Waals surface area contributed by atoms with Crippen LogP contribution in [0.1, 0.15) is 20.3 Å². The summed E-state index contributed by atoms with van der Waals surface area (Å²) in [7, 11) is 4.98. The van der Waals surface area contributed by atoms with Gasteiger partial charge in [0, 0.05) is 19.1 Å². The summed E-state index contributed by atoms with van der Waals surface area (Å²) < 4.78 is 4.60. The Morgan fingerprint density at radius 2 is 2.06 bits per heavy atom. The maximum absolute atomic E-state index is 12.1. The van der Waals surface area contributed by atoms with E-state index >= 15 is 0 Å². The zero-order chi connectivity index (χ0) is 12.5. The molecule has 1 rings (SSSR count). The van der Waals surface area contributed by atoms with Crippen molar-refractivity contribution < 1.29 is 14.3 Å². The molecule has 0 aromatic carbocycles. The van der Waals surface area contributed by atoms with E-state index in [9.17, 15) is 9.59 Å². The van der Waals surface area contributed by atoms with Crippen LogP contribution in [0.3, 0.4) is 0 Å². The van der Waals surface area contributed by atoms with Gasteiger partial charge in [0.25, 0.3) is 0 Å². The highest BCUT2D eigenvalue weighted by Crippen LogP contribution is 2.24. The monoisotopic (exact) mass is 228 g/mol. The highest BCUT2D eigenvalue weighted by atomic mass is 16.5. The summed E-state index contributed by atoms with van der Waals surface area (Å²) in [6, 6.07) is -0.398. The predicted octanol–water partition coefficient (Wildman–Crippen LogP) is 0.100. The normalized spacial score (nSPS) is 25.7. The van der Waals surface area contributed by atoms with E-state index in [0.29, 0.717) is 0 Å². The van der Waals surface area contributed by atoms with Gasteiger partial charge < -0.3 is 9.64 Å². The van der Waals surface area contributed by atoms with E-state index < -0.39 is 6.04 Å². The Morgan fingerprint density at radius 3 is 2.56 bits per heavy atom. The van der Waals surface area contributed by atoms with Gasteiger partial charge in [-0.15, -0.1) is 0 Å². The highest BCUT2D eigenvalue weighted by Gasteiger charge is 2.42. The van der Waals surface area contributed by atoms with E-state index in [1.807, 2.05) is 25.8 Å². The first kappa shape index (κ1) is 13.0. The van der Waals surface area contributed by atoms with Gasteiger partial charge >= 0.3 is 5.97 Å². The molecule has 1 amide bonds. The average molecular weight is 228 g/mol. The molecule has 1 unspecified atom stereocenters. The second-order valence-corrected chi connectivity index (χ2v) is 4.92. The number of methoxy groups -OCH3 is 1. The lowest BCUT2D eigenvalue weighted by Crippen LogP contribution is -2.64. The van der Waals surface area contributed by atoms with Crippen molar-refractivity contribution in [3.05, 3.63) is 0 Å². The minimum Gasteiger partial charge on any atom is -0.469 e. The van der Waals surface area contributed by atoms with E-state index in [0.717, 1.165) is 6.54 Å². The van der Waals surface area contributed by atoms with Crippen LogP contribution in [-0.4, -0.2) is 61.0 Å². The molecule has 0 spiro atoms. The van der Waals surface area contributed by atoms with Crippen LogP contribution in [0.5, 0.6) is 0 Å². The smallest absolute Gasteiger partial charge is 0.307 e. The van der Waals surface area contributed by atoms with Crippen LogP contribution >= 0.6 is 0 Å². The fourth-order valence-electron chi connectivity index (χ4n) is 2.02. The molecule has 5 heteroatoms. The molecule has 1 atom stereocenters. The SMILES string of the molecule is COC(=O)CC1C(=O)N(C)C(C)(C)CN1C. The Kier molecular flexibility index (Phi) is 3.57. The van der Waals surface area contributed by atoms with Gasteiger partial charge in [0.05, 0.1) is 19.6 Å². The number of esters is 1. The second kappa shape index (κ2) is 4.41. The average Bonchev–Trinajstić information content (AvgIpc) is 2.20. The van der Waals surface area contributed by atoms with Gasteiger partial charge in [0.15, 0.2) is 0 Å². The number of carbonyl (C=O) groups excluding carboxylic acids is 2. The maximum Gasteiger partial charge on any atom is 0.307 e. The van der Waals surface area contributed by atoms with Crippen LogP contribution in [0.25, 0.3) is 0 Å². The van der Waals surface area contributed by atoms with E-state index in [1.165, 1.54) is 7.11 Å². The second-order valence-electron chi connectivity index (χ2n) is 4.92. The van der Waals surface area contributed by atoms with Gasteiger partial charge in [-0.3, -0.25) is 14.5 Å². The Bertz CT molecular complexity index is 302. The van der Waals surface area contributed by atoms with Crippen LogP contribution in [0.15, 0.2) is 0 Å². The fraction of sp³-hybridized carbons (Fsp3) is 0.818. The number of ether oxygens (including phenoxy) is 1. The summed E-state index contributed by atoms with van der Waals surface area (Å²) in [4.78, 5) is 26.9. The first-order valence-electron chi connectivity index (χ1n) is 5.34. The van der Waals surface area contributed by atoms with Crippen LogP contribution in [0.2, 0.25) is 0 Å². The third-order valence-electron chi connectivity index (χ3n) is 3.28. The Morgan fingerprint density at radius 1 is 1.50 bits per heavy atom. The molecule has 1 fully saturated rings. The van der Waals surface area contributed by atoms with E-state index in [1.54, 1.807) is 11.9 Å². The van der Waals surface area contributed by atoms with E-state index in [4.69, 9.17) is 0 Å². The molecule has 1 aliphatic heterocycles. The molecule has 0 N–H and O–H groups in total. The topological polar surface area (TPSA) is 49.9 Å². The molecule has 1 saturated heterocycles. The number of nitrogens with zero attached hydrogens (tertiary/aromatic N) is 2. The molecule has 5 nitrogen and oxygen atoms in total. The number of carbonyl (C=O) groups is 2. The Hall–Kier alpha value is -1.10. The molecule has 0 aromatic heterocycles. The molecule has 0 bridgehead atoms. The van der Waals surface area contributed by atoms with Crippen molar-refractivity contribution in [3.63, 3.8) is 0 Å². The zero-order valence-corrected chi connectivity index (χ0v) is 10.6. The molecule has 0 radical (unpaired) electrons. The number of amides is 1. The quantitative estimate of drug-likeness (QED) is 0.629. The molecule has 0 aromatic rings. The summed E-state index contributed by atoms with van der Waals surface area (Å²) >= 11 is 0. The van der Waals surface area contributed by atoms with E-state index in [-0.39, 0.29) is 23.8 Å². The largest absolute Gasteiger partial charge is 0.469 e. The molecule has 0 saturated carbocycles. The van der Waals surface area contributed by atoms with Gasteiger partial charge in [0.1, 0.15) is 0 Å². The standard InChI is InChI=1S/C11H20N2O3/c1-11(2)7-12(3)8(6-9(14)16-5)10(15)13(11)4/h8H,6-7H2,1-5H3. The van der Waals surface area contributed by atoms with Gasteiger partial charge in [-0.25, -0.2) is 0 Å². The predicted molar refractivity (Wildman–Crippen MR) is 59.9 cm³/mol. The Labute approximate surface area is 96.3 Å². The lowest BCUT2D eigenvalue weighted by atomic mass is 9.95. The van der Waals surface area contributed by atoms with Crippen LogP contribution in [-0.2, 0) is 14.3 Å². The van der Waals surface area contributed by atoms with Gasteiger partial charge in [-0.1, -0.05) is 0 Å². The summed E-state index contributed by atoms with van der Waals surface area (Å²) in [5.74, 6) is -0.373. The Balaban J connectivity index is 2.80. The lowest BCUT2D eigenvalue weighted by molar-refractivity contribution is -0.154. The summed E-state index contributed by atoms with van der Waals surface area (Å²) in [5, 5.41) is 0. The van der Waals surface area contributed by atoms with E-state index in [2.05, 4.69) is 4.74 Å². The molecule has 92 valence electrons. The van der Waals surface area contributed by atoms with Crippen molar-refractivity contribution in [1.29, 1.82) is 0 Å². The number of rotatable bonds is 2. The van der Waals surface area contributed by atoms with Gasteiger partial charge in [-0.2, -0.15) is 0 Å². The molecular weight excluding hydrogens is 208 g/mol. The van der Waals surface area contributed by atoms with Crippen molar-refractivity contribution in [3.8, 4) is 0 Å². The number of hydrogen-bond donors (Lipinski definition) is 0. The van der Waals surface area contributed by atoms with Gasteiger partial charge in [-0.05, 0) is 20.9 Å². The summed E-state index contributed by atoms with van der Waals surface area (Å²) in [5.41, 5.74) is -0.196. The lowest BCUT2D eigenvalue weighted by Gasteiger charge is -2.47. The molecular formula is C11H20N2O3. The summed E-state index contributed by atoms with van der Waals surface area (Å²) in [6.45, 7) is 4.77. The first-order valence-corrected chi connectivity index (χ1v) is 5.34. The first-order chi connectivity index (χ1) is 7.29. The molecule has 0 aliphatic carbocycles. The zero-order valence-electron chi connectivity index (χ0n) is 10.6. The molecule has 16 heavy (non-hydrogen) atoms. The fourth-order valence-corrected chi connectivity index (χ4v) is 2.02. The molecule has 1 aliphatic rings. The minimum atomic E-state index is -0.398. The van der Waals surface area contributed by atoms with Crippen LogP contribution in [0.4, 0.5) is 0 Å². The van der Waals surface area contributed by atoms with Crippen molar-refractivity contribution in [1.82, 2.24) is 9.80 Å². The van der Waals surface area contributed by atoms with Crippen LogP contribution < -0.4 is 0 Å². The van der Waals surface area contributed by atoms with Crippen molar-refractivity contribution in [2.45, 2.75) is 31.8 Å². The molecule has 1 heterocycles. The number of likely N-dealkylation sites (N-methyl/N-ethyl adjacent to an activating group) is 2. The highest BCUT2D eigenvalue weighted by molar-refractivity contribution is 5.87. The third kappa shape index (κ3) is 2.35. The maximum atomic E-state index is 12.1. The summed E-state index contributed by atoms with van der Waals surface area (Å²) in [6.07, 6.45) is 0.117. The number of piperazine rings is 1. The van der Waals surface area contributed by atoms with Crippen molar-refractivity contribution in [2.75, 3.05) is 27.7 Å².